The highest BCUT2D eigenvalue weighted by Gasteiger charge is 2.35. The van der Waals surface area contributed by atoms with Crippen molar-refractivity contribution in [1.29, 1.82) is 0 Å². The molecule has 2 amide bonds. The molecule has 0 saturated heterocycles. The van der Waals surface area contributed by atoms with Crippen molar-refractivity contribution in [2.75, 3.05) is 6.54 Å². The van der Waals surface area contributed by atoms with Gasteiger partial charge < -0.3 is 0 Å². The van der Waals surface area contributed by atoms with Crippen molar-refractivity contribution in [3.63, 3.8) is 0 Å². The first kappa shape index (κ1) is 9.40. The molecule has 1 aliphatic heterocycles. The Kier molecular flexibility index (Phi) is 2.37. The van der Waals surface area contributed by atoms with Gasteiger partial charge in [-0.15, -0.1) is 11.3 Å². The van der Waals surface area contributed by atoms with Gasteiger partial charge in [-0.3, -0.25) is 14.5 Å². The van der Waals surface area contributed by atoms with Crippen molar-refractivity contribution in [2.45, 2.75) is 19.8 Å². The number of unbranched alkanes of at least 4 members (excludes halogenated alkanes) is 1. The molecule has 2 heterocycles. The van der Waals surface area contributed by atoms with Crippen LogP contribution in [0.1, 0.15) is 39.8 Å². The molecular formula is C10H11NO2S. The third-order valence-electron chi connectivity index (χ3n) is 2.32. The summed E-state index contributed by atoms with van der Waals surface area (Å²) in [7, 11) is 0. The van der Waals surface area contributed by atoms with Crippen molar-refractivity contribution < 1.29 is 9.59 Å². The van der Waals surface area contributed by atoms with E-state index >= 15 is 0 Å². The van der Waals surface area contributed by atoms with Gasteiger partial charge in [0.25, 0.3) is 11.8 Å². The third kappa shape index (κ3) is 1.26. The lowest BCUT2D eigenvalue weighted by molar-refractivity contribution is 0.0653. The number of hydrogen-bond acceptors (Lipinski definition) is 3. The van der Waals surface area contributed by atoms with E-state index in [0.29, 0.717) is 17.0 Å². The fourth-order valence-electron chi connectivity index (χ4n) is 1.52. The quantitative estimate of drug-likeness (QED) is 0.715. The number of carbonyl (C=O) groups excluding carboxylic acids is 2. The first-order chi connectivity index (χ1) is 6.75. The number of imide groups is 1. The average Bonchev–Trinajstić information content (AvgIpc) is 2.72. The molecule has 74 valence electrons. The first-order valence-electron chi connectivity index (χ1n) is 4.69. The molecule has 0 fully saturated rings. The Balaban J connectivity index is 2.22. The molecule has 0 aromatic carbocycles. The molecule has 4 heteroatoms. The molecule has 2 rings (SSSR count). The van der Waals surface area contributed by atoms with Crippen LogP contribution in [0.2, 0.25) is 0 Å². The molecule has 14 heavy (non-hydrogen) atoms. The van der Waals surface area contributed by atoms with Crippen LogP contribution in [-0.2, 0) is 0 Å². The predicted molar refractivity (Wildman–Crippen MR) is 54.6 cm³/mol. The summed E-state index contributed by atoms with van der Waals surface area (Å²) >= 11 is 1.35. The number of thiophene rings is 1. The molecule has 0 aliphatic carbocycles. The minimum absolute atomic E-state index is 0.117. The van der Waals surface area contributed by atoms with E-state index in [1.807, 2.05) is 6.92 Å². The van der Waals surface area contributed by atoms with Crippen molar-refractivity contribution in [1.82, 2.24) is 4.90 Å². The van der Waals surface area contributed by atoms with Gasteiger partial charge in [0.15, 0.2) is 0 Å². The molecule has 0 radical (unpaired) electrons. The number of amides is 2. The molecule has 1 aromatic heterocycles. The Bertz CT molecular complexity index is 353. The van der Waals surface area contributed by atoms with Crippen LogP contribution >= 0.6 is 11.3 Å². The van der Waals surface area contributed by atoms with Gasteiger partial charge in [-0.05, 0) is 17.9 Å². The molecule has 0 N–H and O–H groups in total. The molecule has 0 unspecified atom stereocenters. The van der Waals surface area contributed by atoms with E-state index in [1.54, 1.807) is 11.4 Å². The predicted octanol–water partition coefficient (Wildman–Crippen LogP) is 2.14. The van der Waals surface area contributed by atoms with Crippen LogP contribution in [0.3, 0.4) is 0 Å². The van der Waals surface area contributed by atoms with Crippen molar-refractivity contribution in [3.8, 4) is 0 Å². The van der Waals surface area contributed by atoms with Crippen LogP contribution in [0.15, 0.2) is 11.4 Å². The lowest BCUT2D eigenvalue weighted by Crippen LogP contribution is -2.30. The van der Waals surface area contributed by atoms with Crippen LogP contribution < -0.4 is 0 Å². The van der Waals surface area contributed by atoms with Gasteiger partial charge in [0.2, 0.25) is 0 Å². The smallest absolute Gasteiger partial charge is 0.271 e. The summed E-state index contributed by atoms with van der Waals surface area (Å²) in [5.74, 6) is -0.242. The Hall–Kier alpha value is -1.16. The topological polar surface area (TPSA) is 37.4 Å². The number of hydrogen-bond donors (Lipinski definition) is 0. The summed E-state index contributed by atoms with van der Waals surface area (Å²) in [5, 5.41) is 1.79. The van der Waals surface area contributed by atoms with Crippen molar-refractivity contribution >= 4 is 23.2 Å². The Labute approximate surface area is 86.3 Å². The van der Waals surface area contributed by atoms with Gasteiger partial charge in [0.05, 0.1) is 5.56 Å². The van der Waals surface area contributed by atoms with E-state index in [0.717, 1.165) is 12.8 Å². The fourth-order valence-corrected chi connectivity index (χ4v) is 2.36. The van der Waals surface area contributed by atoms with Gasteiger partial charge in [0.1, 0.15) is 4.88 Å². The van der Waals surface area contributed by atoms with Gasteiger partial charge in [-0.25, -0.2) is 0 Å². The second-order valence-electron chi connectivity index (χ2n) is 3.28. The Morgan fingerprint density at radius 2 is 2.14 bits per heavy atom. The fraction of sp³-hybridized carbons (Fsp3) is 0.400. The van der Waals surface area contributed by atoms with E-state index in [2.05, 4.69) is 0 Å². The maximum Gasteiger partial charge on any atom is 0.271 e. The summed E-state index contributed by atoms with van der Waals surface area (Å²) in [6.07, 6.45) is 1.87. The summed E-state index contributed by atoms with van der Waals surface area (Å²) in [4.78, 5) is 25.3. The van der Waals surface area contributed by atoms with Crippen molar-refractivity contribution in [3.05, 3.63) is 21.9 Å². The lowest BCUT2D eigenvalue weighted by Gasteiger charge is -2.12. The zero-order valence-corrected chi connectivity index (χ0v) is 8.76. The minimum Gasteiger partial charge on any atom is -0.274 e. The van der Waals surface area contributed by atoms with Gasteiger partial charge >= 0.3 is 0 Å². The van der Waals surface area contributed by atoms with E-state index < -0.39 is 0 Å². The summed E-state index contributed by atoms with van der Waals surface area (Å²) in [6, 6.07) is 1.73. The highest BCUT2D eigenvalue weighted by atomic mass is 32.1. The maximum absolute atomic E-state index is 11.7. The standard InChI is InChI=1S/C10H11NO2S/c1-2-3-5-11-9(12)7-4-6-14-8(7)10(11)13/h4,6H,2-3,5H2,1H3. The lowest BCUT2D eigenvalue weighted by atomic mass is 10.3. The normalized spacial score (nSPS) is 15.1. The largest absolute Gasteiger partial charge is 0.274 e. The minimum atomic E-state index is -0.125. The number of fused-ring (bicyclic) bond motifs is 1. The number of nitrogens with zero attached hydrogens (tertiary/aromatic N) is 1. The van der Waals surface area contributed by atoms with Gasteiger partial charge in [-0.2, -0.15) is 0 Å². The zero-order chi connectivity index (χ0) is 10.1. The molecule has 1 aromatic rings. The monoisotopic (exact) mass is 209 g/mol. The van der Waals surface area contributed by atoms with Crippen LogP contribution in [0.5, 0.6) is 0 Å². The molecular weight excluding hydrogens is 198 g/mol. The third-order valence-corrected chi connectivity index (χ3v) is 3.22. The first-order valence-corrected chi connectivity index (χ1v) is 5.57. The van der Waals surface area contributed by atoms with E-state index in [4.69, 9.17) is 0 Å². The molecule has 0 atom stereocenters. The van der Waals surface area contributed by atoms with Gasteiger partial charge in [0, 0.05) is 6.54 Å². The molecule has 0 bridgehead atoms. The Morgan fingerprint density at radius 3 is 2.79 bits per heavy atom. The van der Waals surface area contributed by atoms with E-state index in [9.17, 15) is 9.59 Å². The molecule has 0 spiro atoms. The molecule has 0 saturated carbocycles. The van der Waals surface area contributed by atoms with Crippen LogP contribution in [0.4, 0.5) is 0 Å². The second kappa shape index (κ2) is 3.53. The molecule has 1 aliphatic rings. The maximum atomic E-state index is 11.7. The summed E-state index contributed by atoms with van der Waals surface area (Å²) in [6.45, 7) is 2.59. The Morgan fingerprint density at radius 1 is 1.36 bits per heavy atom. The summed E-state index contributed by atoms with van der Waals surface area (Å²) in [5.41, 5.74) is 0.580. The van der Waals surface area contributed by atoms with Crippen LogP contribution in [0.25, 0.3) is 0 Å². The van der Waals surface area contributed by atoms with Crippen LogP contribution in [-0.4, -0.2) is 23.3 Å². The highest BCUT2D eigenvalue weighted by molar-refractivity contribution is 7.12. The van der Waals surface area contributed by atoms with E-state index in [-0.39, 0.29) is 11.8 Å². The zero-order valence-electron chi connectivity index (χ0n) is 7.95. The average molecular weight is 209 g/mol. The second-order valence-corrected chi connectivity index (χ2v) is 4.20. The SMILES string of the molecule is CCCCN1C(=O)c2ccsc2C1=O. The van der Waals surface area contributed by atoms with Gasteiger partial charge in [-0.1, -0.05) is 13.3 Å². The number of carbonyl (C=O) groups is 2. The van der Waals surface area contributed by atoms with Crippen LogP contribution in [0, 0.1) is 0 Å². The molecule has 3 nitrogen and oxygen atoms in total. The highest BCUT2D eigenvalue weighted by Crippen LogP contribution is 2.27. The van der Waals surface area contributed by atoms with E-state index in [1.165, 1.54) is 16.2 Å². The summed E-state index contributed by atoms with van der Waals surface area (Å²) < 4.78 is 0. The number of rotatable bonds is 3. The van der Waals surface area contributed by atoms with Crippen molar-refractivity contribution in [2.24, 2.45) is 0 Å².